The second kappa shape index (κ2) is 8.98. The van der Waals surface area contributed by atoms with Gasteiger partial charge in [0.25, 0.3) is 0 Å². The van der Waals surface area contributed by atoms with E-state index in [1.807, 2.05) is 0 Å². The monoisotopic (exact) mass is 410 g/mol. The van der Waals surface area contributed by atoms with E-state index in [0.717, 1.165) is 0 Å². The maximum absolute atomic E-state index is 12.4. The zero-order valence-electron chi connectivity index (χ0n) is 14.5. The van der Waals surface area contributed by atoms with E-state index in [-0.39, 0.29) is 23.6 Å². The topological polar surface area (TPSA) is 116 Å². The molecule has 3 N–H and O–H groups in total. The lowest BCUT2D eigenvalue weighted by Gasteiger charge is -2.19. The molecule has 144 valence electrons. The minimum absolute atomic E-state index is 0.00692. The van der Waals surface area contributed by atoms with E-state index < -0.39 is 22.0 Å². The van der Waals surface area contributed by atoms with Gasteiger partial charge in [-0.25, -0.2) is 13.6 Å². The van der Waals surface area contributed by atoms with Crippen molar-refractivity contribution in [1.82, 2.24) is 5.32 Å². The summed E-state index contributed by atoms with van der Waals surface area (Å²) in [7, 11) is -2.53. The van der Waals surface area contributed by atoms with E-state index in [4.69, 9.17) is 16.7 Å². The number of nitrogens with one attached hydrogen (secondary N) is 1. The van der Waals surface area contributed by atoms with Crippen molar-refractivity contribution in [1.29, 1.82) is 0 Å². The molecule has 2 rings (SSSR count). The van der Waals surface area contributed by atoms with Gasteiger partial charge < -0.3 is 10.1 Å². The highest BCUT2D eigenvalue weighted by Gasteiger charge is 2.21. The molecule has 2 aromatic rings. The van der Waals surface area contributed by atoms with Gasteiger partial charge in [-0.05, 0) is 29.3 Å². The second-order valence-electron chi connectivity index (χ2n) is 5.79. The lowest BCUT2D eigenvalue weighted by atomic mass is 10.0. The maximum atomic E-state index is 12.4. The van der Waals surface area contributed by atoms with Gasteiger partial charge in [0, 0.05) is 5.02 Å². The Morgan fingerprint density at radius 1 is 1.15 bits per heavy atom. The Labute approximate surface area is 162 Å². The Morgan fingerprint density at radius 3 is 2.33 bits per heavy atom. The Bertz CT molecular complexity index is 929. The normalized spacial score (nSPS) is 12.3. The summed E-state index contributed by atoms with van der Waals surface area (Å²) in [4.78, 5) is 24.1. The molecule has 0 spiro atoms. The van der Waals surface area contributed by atoms with Crippen LogP contribution in [0.2, 0.25) is 5.02 Å². The first-order valence-electron chi connectivity index (χ1n) is 7.93. The first-order chi connectivity index (χ1) is 12.7. The van der Waals surface area contributed by atoms with Crippen molar-refractivity contribution in [3.05, 3.63) is 64.7 Å². The van der Waals surface area contributed by atoms with E-state index in [2.05, 4.69) is 10.1 Å². The van der Waals surface area contributed by atoms with Gasteiger partial charge in [0.2, 0.25) is 15.9 Å². The number of halogens is 1. The van der Waals surface area contributed by atoms with E-state index in [1.165, 1.54) is 31.4 Å². The third-order valence-corrected chi connectivity index (χ3v) is 5.10. The number of hydrogen-bond acceptors (Lipinski definition) is 5. The predicted octanol–water partition coefficient (Wildman–Crippen LogP) is 1.95. The summed E-state index contributed by atoms with van der Waals surface area (Å²) >= 11 is 6.18. The largest absolute Gasteiger partial charge is 0.469 e. The number of carbonyl (C=O) groups is 2. The fourth-order valence-corrected chi connectivity index (χ4v) is 3.26. The lowest BCUT2D eigenvalue weighted by molar-refractivity contribution is -0.141. The number of ether oxygens (including phenoxy) is 1. The van der Waals surface area contributed by atoms with Gasteiger partial charge >= 0.3 is 5.97 Å². The van der Waals surface area contributed by atoms with Crippen LogP contribution in [0.3, 0.4) is 0 Å². The molecule has 7 nitrogen and oxygen atoms in total. The Balaban J connectivity index is 2.13. The fraction of sp³-hybridized carbons (Fsp3) is 0.222. The van der Waals surface area contributed by atoms with Crippen LogP contribution in [0.15, 0.2) is 53.4 Å². The summed E-state index contributed by atoms with van der Waals surface area (Å²) in [5, 5.41) is 8.23. The number of carbonyl (C=O) groups excluding carboxylic acids is 2. The zero-order chi connectivity index (χ0) is 20.0. The number of amides is 1. The molecule has 0 aliphatic heterocycles. The standard InChI is InChI=1S/C18H19ClN2O5S/c1-26-18(23)11-16(14-4-2-3-5-15(14)19)21-17(22)10-12-6-8-13(9-7-12)27(20,24)25/h2-9,16H,10-11H2,1H3,(H,21,22)(H2,20,24,25). The number of sulfonamides is 1. The highest BCUT2D eigenvalue weighted by molar-refractivity contribution is 7.89. The molecular formula is C18H19ClN2O5S. The molecule has 0 bridgehead atoms. The van der Waals surface area contributed by atoms with Crippen LogP contribution in [0.25, 0.3) is 0 Å². The predicted molar refractivity (Wildman–Crippen MR) is 100 cm³/mol. The molecule has 0 saturated carbocycles. The molecule has 0 aromatic heterocycles. The van der Waals surface area contributed by atoms with Gasteiger partial charge in [-0.2, -0.15) is 0 Å². The quantitative estimate of drug-likeness (QED) is 0.677. The molecule has 1 unspecified atom stereocenters. The molecular weight excluding hydrogens is 392 g/mol. The van der Waals surface area contributed by atoms with Crippen LogP contribution in [-0.2, 0) is 30.8 Å². The number of esters is 1. The van der Waals surface area contributed by atoms with Crippen molar-refractivity contribution < 1.29 is 22.7 Å². The highest BCUT2D eigenvalue weighted by Crippen LogP contribution is 2.25. The molecule has 9 heteroatoms. The van der Waals surface area contributed by atoms with Gasteiger partial charge in [0.1, 0.15) is 0 Å². The van der Waals surface area contributed by atoms with E-state index in [9.17, 15) is 18.0 Å². The van der Waals surface area contributed by atoms with E-state index in [0.29, 0.717) is 16.1 Å². The van der Waals surface area contributed by atoms with Crippen LogP contribution < -0.4 is 10.5 Å². The molecule has 0 aliphatic carbocycles. The third-order valence-electron chi connectivity index (χ3n) is 3.83. The number of rotatable bonds is 7. The number of nitrogens with two attached hydrogens (primary N) is 1. The number of primary sulfonamides is 1. The molecule has 0 radical (unpaired) electrons. The fourth-order valence-electron chi connectivity index (χ4n) is 2.47. The van der Waals surface area contributed by atoms with Crippen LogP contribution in [0.5, 0.6) is 0 Å². The third kappa shape index (κ3) is 6.06. The van der Waals surface area contributed by atoms with Gasteiger partial charge in [-0.3, -0.25) is 9.59 Å². The molecule has 0 aliphatic rings. The summed E-state index contributed by atoms with van der Waals surface area (Å²) in [6.07, 6.45) is -0.0800. The average molecular weight is 411 g/mol. The summed E-state index contributed by atoms with van der Waals surface area (Å²) < 4.78 is 27.2. The SMILES string of the molecule is COC(=O)CC(NC(=O)Cc1ccc(S(N)(=O)=O)cc1)c1ccccc1Cl. The minimum atomic E-state index is -3.79. The van der Waals surface area contributed by atoms with Crippen molar-refractivity contribution in [2.75, 3.05) is 7.11 Å². The first-order valence-corrected chi connectivity index (χ1v) is 9.85. The molecule has 27 heavy (non-hydrogen) atoms. The molecule has 2 aromatic carbocycles. The second-order valence-corrected chi connectivity index (χ2v) is 7.76. The Morgan fingerprint density at radius 2 is 1.78 bits per heavy atom. The van der Waals surface area contributed by atoms with Gasteiger partial charge in [-0.1, -0.05) is 41.9 Å². The first kappa shape index (κ1) is 20.9. The molecule has 0 saturated heterocycles. The summed E-state index contributed by atoms with van der Waals surface area (Å²) in [5.74, 6) is -0.843. The number of hydrogen-bond donors (Lipinski definition) is 2. The molecule has 0 heterocycles. The smallest absolute Gasteiger partial charge is 0.307 e. The van der Waals surface area contributed by atoms with Gasteiger partial charge in [-0.15, -0.1) is 0 Å². The Kier molecular flexibility index (Phi) is 6.95. The highest BCUT2D eigenvalue weighted by atomic mass is 35.5. The molecule has 0 fully saturated rings. The zero-order valence-corrected chi connectivity index (χ0v) is 16.1. The van der Waals surface area contributed by atoms with Crippen molar-refractivity contribution in [2.24, 2.45) is 5.14 Å². The lowest BCUT2D eigenvalue weighted by Crippen LogP contribution is -2.31. The molecule has 1 amide bonds. The van der Waals surface area contributed by atoms with Crippen molar-refractivity contribution in [3.8, 4) is 0 Å². The van der Waals surface area contributed by atoms with Crippen molar-refractivity contribution in [3.63, 3.8) is 0 Å². The summed E-state index contributed by atoms with van der Waals surface area (Å²) in [6.45, 7) is 0. The number of methoxy groups -OCH3 is 1. The van der Waals surface area contributed by atoms with Crippen LogP contribution in [0, 0.1) is 0 Å². The van der Waals surface area contributed by atoms with Gasteiger partial charge in [0.05, 0.1) is 30.9 Å². The van der Waals surface area contributed by atoms with Crippen LogP contribution in [-0.4, -0.2) is 27.4 Å². The van der Waals surface area contributed by atoms with Crippen molar-refractivity contribution in [2.45, 2.75) is 23.8 Å². The number of benzene rings is 2. The van der Waals surface area contributed by atoms with Crippen molar-refractivity contribution >= 4 is 33.5 Å². The summed E-state index contributed by atoms with van der Waals surface area (Å²) in [6, 6.07) is 11.9. The van der Waals surface area contributed by atoms with E-state index >= 15 is 0 Å². The van der Waals surface area contributed by atoms with Crippen LogP contribution in [0.4, 0.5) is 0 Å². The maximum Gasteiger partial charge on any atom is 0.307 e. The minimum Gasteiger partial charge on any atom is -0.469 e. The van der Waals surface area contributed by atoms with Crippen LogP contribution in [0.1, 0.15) is 23.6 Å². The molecule has 1 atom stereocenters. The van der Waals surface area contributed by atoms with Crippen LogP contribution >= 0.6 is 11.6 Å². The van der Waals surface area contributed by atoms with E-state index in [1.54, 1.807) is 24.3 Å². The summed E-state index contributed by atoms with van der Waals surface area (Å²) in [5.41, 5.74) is 1.19. The Hall–Kier alpha value is -2.42. The van der Waals surface area contributed by atoms with Gasteiger partial charge in [0.15, 0.2) is 0 Å². The average Bonchev–Trinajstić information content (AvgIpc) is 2.61.